The van der Waals surface area contributed by atoms with Gasteiger partial charge >= 0.3 is 5.97 Å². The number of hydrogen-bond donors (Lipinski definition) is 0. The molecule has 0 radical (unpaired) electrons. The van der Waals surface area contributed by atoms with Gasteiger partial charge in [0.05, 0.1) is 30.1 Å². The van der Waals surface area contributed by atoms with E-state index >= 15 is 0 Å². The fourth-order valence-electron chi connectivity index (χ4n) is 6.63. The van der Waals surface area contributed by atoms with Gasteiger partial charge in [0.2, 0.25) is 5.91 Å². The van der Waals surface area contributed by atoms with Crippen LogP contribution in [0.5, 0.6) is 0 Å². The number of nitrogens with zero attached hydrogens (tertiary/aromatic N) is 3. The lowest BCUT2D eigenvalue weighted by Gasteiger charge is -2.33. The van der Waals surface area contributed by atoms with Crippen molar-refractivity contribution in [2.45, 2.75) is 96.4 Å². The molecule has 0 saturated heterocycles. The number of benzene rings is 1. The van der Waals surface area contributed by atoms with Crippen LogP contribution in [0.2, 0.25) is 0 Å². The van der Waals surface area contributed by atoms with Gasteiger partial charge in [-0.3, -0.25) is 4.79 Å². The fraction of sp³-hybridized carbons (Fsp3) is 0.594. The van der Waals surface area contributed by atoms with Crippen molar-refractivity contribution >= 4 is 17.4 Å². The number of esters is 1. The average molecular weight is 518 g/mol. The molecule has 3 aliphatic carbocycles. The molecule has 1 aromatic carbocycles. The number of aromatic nitrogens is 2. The molecule has 2 fully saturated rings. The predicted molar refractivity (Wildman–Crippen MR) is 150 cm³/mol. The quantitative estimate of drug-likeness (QED) is 0.321. The Kier molecular flexibility index (Phi) is 8.35. The zero-order chi connectivity index (χ0) is 26.6. The van der Waals surface area contributed by atoms with Crippen LogP contribution in [0.1, 0.15) is 112 Å². The van der Waals surface area contributed by atoms with Crippen LogP contribution in [0, 0.1) is 11.8 Å². The van der Waals surface area contributed by atoms with Gasteiger partial charge in [-0.1, -0.05) is 44.4 Å². The monoisotopic (exact) mass is 517 g/mol. The molecule has 0 N–H and O–H groups in total. The van der Waals surface area contributed by atoms with Crippen LogP contribution in [-0.2, 0) is 9.53 Å². The molecule has 2 aromatic rings. The van der Waals surface area contributed by atoms with Gasteiger partial charge in [-0.15, -0.1) is 0 Å². The zero-order valence-corrected chi connectivity index (χ0v) is 23.3. The van der Waals surface area contributed by atoms with Crippen LogP contribution in [0.25, 0.3) is 11.3 Å². The number of ether oxygens (including phenoxy) is 1. The number of allylic oxidation sites excluding steroid dienone is 1. The van der Waals surface area contributed by atoms with E-state index in [4.69, 9.17) is 4.74 Å². The van der Waals surface area contributed by atoms with Crippen molar-refractivity contribution in [1.82, 2.24) is 14.7 Å². The first-order valence-electron chi connectivity index (χ1n) is 14.8. The predicted octanol–water partition coefficient (Wildman–Crippen LogP) is 6.93. The minimum atomic E-state index is -0.295. The Morgan fingerprint density at radius 2 is 1.95 bits per heavy atom. The summed E-state index contributed by atoms with van der Waals surface area (Å²) in [7, 11) is 2.04. The number of amides is 1. The SMILES string of the molecule is CCCCC1CCCC1N(C)C(=O)C1C=C(c2cccc(-n3ncc(C(=O)OCC)c3C3CC3)c2)CCC1. The van der Waals surface area contributed by atoms with Crippen molar-refractivity contribution in [2.24, 2.45) is 11.8 Å². The maximum atomic E-state index is 13.6. The first kappa shape index (κ1) is 26.7. The highest BCUT2D eigenvalue weighted by Gasteiger charge is 2.35. The number of carbonyl (C=O) groups is 2. The summed E-state index contributed by atoms with van der Waals surface area (Å²) in [4.78, 5) is 28.3. The van der Waals surface area contributed by atoms with Crippen molar-refractivity contribution < 1.29 is 14.3 Å². The van der Waals surface area contributed by atoms with E-state index in [0.717, 1.165) is 55.5 Å². The van der Waals surface area contributed by atoms with Gasteiger partial charge in [0.25, 0.3) is 0 Å². The molecule has 3 aliphatic rings. The minimum Gasteiger partial charge on any atom is -0.462 e. The summed E-state index contributed by atoms with van der Waals surface area (Å²) in [6, 6.07) is 8.80. The molecule has 1 aromatic heterocycles. The van der Waals surface area contributed by atoms with Gasteiger partial charge < -0.3 is 9.64 Å². The van der Waals surface area contributed by atoms with Gasteiger partial charge in [0.1, 0.15) is 5.56 Å². The van der Waals surface area contributed by atoms with E-state index in [1.807, 2.05) is 24.7 Å². The van der Waals surface area contributed by atoms with E-state index in [1.54, 1.807) is 6.20 Å². The molecular weight excluding hydrogens is 474 g/mol. The molecule has 6 heteroatoms. The Balaban J connectivity index is 1.36. The molecule has 204 valence electrons. The summed E-state index contributed by atoms with van der Waals surface area (Å²) in [5.41, 5.74) is 4.87. The maximum Gasteiger partial charge on any atom is 0.341 e. The van der Waals surface area contributed by atoms with E-state index in [0.29, 0.717) is 30.0 Å². The molecular formula is C32H43N3O3. The molecule has 3 atom stereocenters. The fourth-order valence-corrected chi connectivity index (χ4v) is 6.63. The van der Waals surface area contributed by atoms with Crippen LogP contribution in [0.15, 0.2) is 36.5 Å². The van der Waals surface area contributed by atoms with Crippen molar-refractivity contribution in [3.05, 3.63) is 53.4 Å². The standard InChI is InChI=1S/C32H43N3O3/c1-4-6-10-22-11-9-16-29(22)34(3)31(36)26-14-7-12-24(19-26)25-13-8-15-27(20-25)35-30(23-17-18-23)28(21-33-35)32(37)38-5-2/h8,13,15,19-23,26,29H,4-7,9-12,14,16-18H2,1-3H3. The molecule has 2 saturated carbocycles. The molecule has 1 amide bonds. The molecule has 5 rings (SSSR count). The molecule has 0 spiro atoms. The normalized spacial score (nSPS) is 23.2. The summed E-state index contributed by atoms with van der Waals surface area (Å²) in [6.07, 6.45) is 16.3. The van der Waals surface area contributed by atoms with Crippen molar-refractivity contribution in [3.8, 4) is 5.69 Å². The van der Waals surface area contributed by atoms with E-state index in [-0.39, 0.29) is 17.8 Å². The maximum absolute atomic E-state index is 13.6. The molecule has 1 heterocycles. The topological polar surface area (TPSA) is 64.4 Å². The highest BCUT2D eigenvalue weighted by molar-refractivity contribution is 5.91. The summed E-state index contributed by atoms with van der Waals surface area (Å²) in [5, 5.41) is 4.61. The van der Waals surface area contributed by atoms with Crippen LogP contribution in [-0.4, -0.2) is 46.3 Å². The second-order valence-corrected chi connectivity index (χ2v) is 11.4. The summed E-state index contributed by atoms with van der Waals surface area (Å²) < 4.78 is 7.21. The van der Waals surface area contributed by atoms with Crippen molar-refractivity contribution in [1.29, 1.82) is 0 Å². The van der Waals surface area contributed by atoms with Crippen molar-refractivity contribution in [2.75, 3.05) is 13.7 Å². The van der Waals surface area contributed by atoms with E-state index in [2.05, 4.69) is 41.2 Å². The Morgan fingerprint density at radius 3 is 2.71 bits per heavy atom. The Bertz CT molecular complexity index is 1180. The van der Waals surface area contributed by atoms with Crippen LogP contribution in [0.3, 0.4) is 0 Å². The molecule has 6 nitrogen and oxygen atoms in total. The second kappa shape index (κ2) is 11.9. The largest absolute Gasteiger partial charge is 0.462 e. The van der Waals surface area contributed by atoms with E-state index < -0.39 is 0 Å². The number of rotatable bonds is 10. The van der Waals surface area contributed by atoms with Gasteiger partial charge in [0.15, 0.2) is 0 Å². The molecule has 38 heavy (non-hydrogen) atoms. The number of hydrogen-bond acceptors (Lipinski definition) is 4. The van der Waals surface area contributed by atoms with Gasteiger partial charge in [-0.2, -0.15) is 5.10 Å². The lowest BCUT2D eigenvalue weighted by molar-refractivity contribution is -0.135. The van der Waals surface area contributed by atoms with Crippen LogP contribution < -0.4 is 0 Å². The Morgan fingerprint density at radius 1 is 1.11 bits per heavy atom. The third-order valence-corrected chi connectivity index (χ3v) is 8.80. The summed E-state index contributed by atoms with van der Waals surface area (Å²) in [5.74, 6) is 0.943. The van der Waals surface area contributed by atoms with Gasteiger partial charge in [-0.25, -0.2) is 9.48 Å². The van der Waals surface area contributed by atoms with Gasteiger partial charge in [0, 0.05) is 19.0 Å². The van der Waals surface area contributed by atoms with E-state index in [1.165, 1.54) is 37.7 Å². The highest BCUT2D eigenvalue weighted by Crippen LogP contribution is 2.43. The van der Waals surface area contributed by atoms with Crippen LogP contribution in [0.4, 0.5) is 0 Å². The highest BCUT2D eigenvalue weighted by atomic mass is 16.5. The summed E-state index contributed by atoms with van der Waals surface area (Å²) in [6.45, 7) is 4.43. The molecule has 0 aliphatic heterocycles. The van der Waals surface area contributed by atoms with Crippen LogP contribution >= 0.6 is 0 Å². The van der Waals surface area contributed by atoms with Gasteiger partial charge in [-0.05, 0) is 87.5 Å². The smallest absolute Gasteiger partial charge is 0.341 e. The number of unbranched alkanes of at least 4 members (excludes halogenated alkanes) is 1. The lowest BCUT2D eigenvalue weighted by atomic mass is 9.85. The third kappa shape index (κ3) is 5.60. The summed E-state index contributed by atoms with van der Waals surface area (Å²) >= 11 is 0. The first-order valence-corrected chi connectivity index (χ1v) is 14.8. The van der Waals surface area contributed by atoms with Crippen molar-refractivity contribution in [3.63, 3.8) is 0 Å². The zero-order valence-electron chi connectivity index (χ0n) is 23.3. The Labute approximate surface area is 227 Å². The third-order valence-electron chi connectivity index (χ3n) is 8.80. The first-order chi connectivity index (χ1) is 18.5. The Hall–Kier alpha value is -2.89. The molecule has 3 unspecified atom stereocenters. The lowest BCUT2D eigenvalue weighted by Crippen LogP contribution is -2.42. The minimum absolute atomic E-state index is 0.0537. The number of carbonyl (C=O) groups excluding carboxylic acids is 2. The average Bonchev–Trinajstić information content (AvgIpc) is 3.50. The molecule has 0 bridgehead atoms. The van der Waals surface area contributed by atoms with E-state index in [9.17, 15) is 9.59 Å². The second-order valence-electron chi connectivity index (χ2n) is 11.4.